The van der Waals surface area contributed by atoms with E-state index in [9.17, 15) is 10.1 Å². The number of thiocarbonyl (C=S) groups is 1. The van der Waals surface area contributed by atoms with Crippen LogP contribution < -0.4 is 15.4 Å². The summed E-state index contributed by atoms with van der Waals surface area (Å²) in [5.41, 5.74) is 1.75. The molecule has 2 N–H and O–H groups in total. The van der Waals surface area contributed by atoms with Crippen LogP contribution in [0.15, 0.2) is 54.6 Å². The number of rotatable bonds is 7. The lowest BCUT2D eigenvalue weighted by Crippen LogP contribution is -2.49. The normalized spacial score (nSPS) is 11.0. The molecule has 0 aromatic heterocycles. The van der Waals surface area contributed by atoms with Gasteiger partial charge in [-0.2, -0.15) is 5.26 Å². The standard InChI is InChI=1S/C20H22N4O2S/c1-3-24(14-21)19(25)18(13-15-7-5-4-6-8-15)23-20(27)22-16-9-11-17(26-2)12-10-16/h4-12,18H,3,13H2,1-2H3,(H2,22,23,27). The number of methoxy groups -OCH3 is 1. The molecule has 27 heavy (non-hydrogen) atoms. The number of nitriles is 1. The van der Waals surface area contributed by atoms with Gasteiger partial charge in [-0.15, -0.1) is 0 Å². The van der Waals surface area contributed by atoms with Gasteiger partial charge >= 0.3 is 0 Å². The number of anilines is 1. The van der Waals surface area contributed by atoms with Crippen LogP contribution in [-0.2, 0) is 11.2 Å². The molecule has 7 heteroatoms. The number of hydrogen-bond acceptors (Lipinski definition) is 4. The van der Waals surface area contributed by atoms with Crippen LogP contribution in [0.4, 0.5) is 5.69 Å². The highest BCUT2D eigenvalue weighted by atomic mass is 32.1. The van der Waals surface area contributed by atoms with E-state index >= 15 is 0 Å². The van der Waals surface area contributed by atoms with Crippen molar-refractivity contribution in [3.05, 3.63) is 60.2 Å². The first-order valence-corrected chi connectivity index (χ1v) is 8.94. The predicted octanol–water partition coefficient (Wildman–Crippen LogP) is 2.92. The molecule has 0 radical (unpaired) electrons. The summed E-state index contributed by atoms with van der Waals surface area (Å²) in [4.78, 5) is 13.8. The Morgan fingerprint density at radius 2 is 1.89 bits per heavy atom. The number of amides is 1. The fourth-order valence-corrected chi connectivity index (χ4v) is 2.77. The zero-order valence-corrected chi connectivity index (χ0v) is 16.1. The summed E-state index contributed by atoms with van der Waals surface area (Å²) in [7, 11) is 1.60. The SMILES string of the molecule is CCN(C#N)C(=O)C(Cc1ccccc1)NC(=S)Nc1ccc(OC)cc1. The van der Waals surface area contributed by atoms with Gasteiger partial charge < -0.3 is 15.4 Å². The van der Waals surface area contributed by atoms with Crippen molar-refractivity contribution in [2.24, 2.45) is 0 Å². The third kappa shape index (κ3) is 5.97. The van der Waals surface area contributed by atoms with Crippen LogP contribution >= 0.6 is 12.2 Å². The largest absolute Gasteiger partial charge is 0.497 e. The number of carbonyl (C=O) groups is 1. The third-order valence-corrected chi connectivity index (χ3v) is 4.16. The van der Waals surface area contributed by atoms with Crippen LogP contribution in [0.25, 0.3) is 0 Å². The number of likely N-dealkylation sites (N-methyl/N-ethyl adjacent to an activating group) is 1. The van der Waals surface area contributed by atoms with Gasteiger partial charge in [0.15, 0.2) is 11.3 Å². The highest BCUT2D eigenvalue weighted by Gasteiger charge is 2.24. The van der Waals surface area contributed by atoms with Crippen LogP contribution in [0.3, 0.4) is 0 Å². The van der Waals surface area contributed by atoms with Crippen molar-refractivity contribution in [1.29, 1.82) is 5.26 Å². The molecule has 0 fully saturated rings. The maximum absolute atomic E-state index is 12.7. The van der Waals surface area contributed by atoms with Crippen molar-refractivity contribution in [2.75, 3.05) is 19.0 Å². The zero-order valence-electron chi connectivity index (χ0n) is 15.3. The number of carbonyl (C=O) groups excluding carboxylic acids is 1. The minimum Gasteiger partial charge on any atom is -0.497 e. The summed E-state index contributed by atoms with van der Waals surface area (Å²) in [5.74, 6) is 0.423. The number of benzene rings is 2. The smallest absolute Gasteiger partial charge is 0.258 e. The summed E-state index contributed by atoms with van der Waals surface area (Å²) in [6.45, 7) is 2.07. The first-order valence-electron chi connectivity index (χ1n) is 8.54. The molecule has 0 heterocycles. The lowest BCUT2D eigenvalue weighted by atomic mass is 10.1. The van der Waals surface area contributed by atoms with E-state index in [-0.39, 0.29) is 5.91 Å². The molecule has 0 spiro atoms. The number of ether oxygens (including phenoxy) is 1. The molecule has 0 saturated heterocycles. The van der Waals surface area contributed by atoms with Crippen molar-refractivity contribution >= 4 is 28.9 Å². The van der Waals surface area contributed by atoms with Gasteiger partial charge in [0.2, 0.25) is 0 Å². The quantitative estimate of drug-likeness (QED) is 0.436. The fourth-order valence-electron chi connectivity index (χ4n) is 2.51. The summed E-state index contributed by atoms with van der Waals surface area (Å²) < 4.78 is 5.13. The average Bonchev–Trinajstić information content (AvgIpc) is 2.69. The van der Waals surface area contributed by atoms with Gasteiger partial charge in [-0.1, -0.05) is 30.3 Å². The van der Waals surface area contributed by atoms with Crippen LogP contribution in [0.2, 0.25) is 0 Å². The highest BCUT2D eigenvalue weighted by molar-refractivity contribution is 7.80. The minimum atomic E-state index is -0.648. The second kappa shape index (κ2) is 10.1. The zero-order chi connectivity index (χ0) is 19.6. The molecule has 0 aliphatic carbocycles. The molecular formula is C20H22N4O2S. The molecule has 0 aliphatic rings. The molecule has 2 aromatic carbocycles. The fraction of sp³-hybridized carbons (Fsp3) is 0.250. The van der Waals surface area contributed by atoms with Crippen molar-refractivity contribution in [1.82, 2.24) is 10.2 Å². The Labute approximate surface area is 164 Å². The summed E-state index contributed by atoms with van der Waals surface area (Å²) >= 11 is 5.36. The minimum absolute atomic E-state index is 0.307. The monoisotopic (exact) mass is 382 g/mol. The van der Waals surface area contributed by atoms with Gasteiger partial charge in [0.1, 0.15) is 11.8 Å². The first kappa shape index (κ1) is 20.2. The second-order valence-corrected chi connectivity index (χ2v) is 6.16. The molecule has 1 unspecified atom stereocenters. The Hall–Kier alpha value is -3.11. The number of nitrogens with one attached hydrogen (secondary N) is 2. The Morgan fingerprint density at radius 3 is 2.44 bits per heavy atom. The predicted molar refractivity (Wildman–Crippen MR) is 109 cm³/mol. The maximum atomic E-state index is 12.7. The first-order chi connectivity index (χ1) is 13.1. The van der Waals surface area contributed by atoms with Crippen LogP contribution in [-0.4, -0.2) is 35.6 Å². The topological polar surface area (TPSA) is 77.4 Å². The summed E-state index contributed by atoms with van der Waals surface area (Å²) in [6, 6.07) is 16.2. The van der Waals surface area contributed by atoms with Gasteiger partial charge in [-0.25, -0.2) is 4.90 Å². The van der Waals surface area contributed by atoms with E-state index in [0.717, 1.165) is 21.9 Å². The molecule has 0 saturated carbocycles. The molecule has 140 valence electrons. The van der Waals surface area contributed by atoms with E-state index in [0.29, 0.717) is 18.1 Å². The maximum Gasteiger partial charge on any atom is 0.258 e. The van der Waals surface area contributed by atoms with E-state index < -0.39 is 6.04 Å². The highest BCUT2D eigenvalue weighted by Crippen LogP contribution is 2.15. The van der Waals surface area contributed by atoms with Crippen molar-refractivity contribution in [3.8, 4) is 11.9 Å². The molecule has 1 atom stereocenters. The van der Waals surface area contributed by atoms with Gasteiger partial charge in [0.05, 0.1) is 7.11 Å². The Bertz CT molecular complexity index is 803. The molecule has 2 aromatic rings. The third-order valence-electron chi connectivity index (χ3n) is 3.94. The van der Waals surface area contributed by atoms with E-state index in [2.05, 4.69) is 10.6 Å². The Balaban J connectivity index is 2.10. The van der Waals surface area contributed by atoms with E-state index in [1.165, 1.54) is 0 Å². The van der Waals surface area contributed by atoms with Crippen LogP contribution in [0.5, 0.6) is 5.75 Å². The summed E-state index contributed by atoms with van der Waals surface area (Å²) in [5, 5.41) is 15.6. The Kier molecular flexibility index (Phi) is 7.59. The van der Waals surface area contributed by atoms with Crippen LogP contribution in [0.1, 0.15) is 12.5 Å². The number of nitrogens with zero attached hydrogens (tertiary/aromatic N) is 2. The summed E-state index contributed by atoms with van der Waals surface area (Å²) in [6.07, 6.45) is 2.34. The molecule has 0 bridgehead atoms. The molecule has 0 aliphatic heterocycles. The Morgan fingerprint density at radius 1 is 1.22 bits per heavy atom. The van der Waals surface area contributed by atoms with Gasteiger partial charge in [0.25, 0.3) is 5.91 Å². The second-order valence-electron chi connectivity index (χ2n) is 5.75. The van der Waals surface area contributed by atoms with Crippen molar-refractivity contribution in [2.45, 2.75) is 19.4 Å². The van der Waals surface area contributed by atoms with E-state index in [1.807, 2.05) is 60.8 Å². The molecule has 2 rings (SSSR count). The van der Waals surface area contributed by atoms with Gasteiger partial charge in [-0.05, 0) is 49.0 Å². The number of hydrogen-bond donors (Lipinski definition) is 2. The van der Waals surface area contributed by atoms with Crippen LogP contribution in [0, 0.1) is 11.5 Å². The van der Waals surface area contributed by atoms with E-state index in [1.54, 1.807) is 14.0 Å². The molecular weight excluding hydrogens is 360 g/mol. The van der Waals surface area contributed by atoms with Crippen molar-refractivity contribution in [3.63, 3.8) is 0 Å². The lowest BCUT2D eigenvalue weighted by Gasteiger charge is -2.23. The van der Waals surface area contributed by atoms with E-state index in [4.69, 9.17) is 17.0 Å². The average molecular weight is 382 g/mol. The van der Waals surface area contributed by atoms with Gasteiger partial charge in [0, 0.05) is 18.7 Å². The molecule has 1 amide bonds. The lowest BCUT2D eigenvalue weighted by molar-refractivity contribution is -0.129. The van der Waals surface area contributed by atoms with Crippen molar-refractivity contribution < 1.29 is 9.53 Å². The van der Waals surface area contributed by atoms with Gasteiger partial charge in [-0.3, -0.25) is 4.79 Å². The molecule has 6 nitrogen and oxygen atoms in total.